The largest absolute Gasteiger partial charge is 0.500 e. The van der Waals surface area contributed by atoms with E-state index in [4.69, 9.17) is 0 Å². The number of carbonyl (C=O) groups is 2. The average Bonchev–Trinajstić information content (AvgIpc) is 2.86. The molecule has 2 aliphatic rings. The molecule has 2 aliphatic heterocycles. The predicted octanol–water partition coefficient (Wildman–Crippen LogP) is 0.890. The maximum absolute atomic E-state index is 13.0. The molecule has 0 saturated carbocycles. The minimum Gasteiger partial charge on any atom is -0.245 e. The third-order valence-electron chi connectivity index (χ3n) is 4.34. The van der Waals surface area contributed by atoms with Crippen LogP contribution < -0.4 is 0 Å². The lowest BCUT2D eigenvalue weighted by atomic mass is 9.88. The van der Waals surface area contributed by atoms with Gasteiger partial charge in [0, 0.05) is 12.6 Å². The molecule has 3 amide bonds. The van der Waals surface area contributed by atoms with E-state index >= 15 is 0 Å². The third-order valence-corrected chi connectivity index (χ3v) is 6.44. The van der Waals surface area contributed by atoms with Crippen LogP contribution in [-0.2, 0) is 14.8 Å². The van der Waals surface area contributed by atoms with Gasteiger partial charge >= 0.3 is 11.9 Å². The molecule has 8 heteroatoms. The van der Waals surface area contributed by atoms with Crippen LogP contribution in [0.4, 0.5) is 4.79 Å². The Labute approximate surface area is 138 Å². The van der Waals surface area contributed by atoms with Crippen LogP contribution in [0.15, 0.2) is 0 Å². The fraction of sp³-hybridized carbons (Fsp3) is 0.800. The number of carbonyl (C=O) groups excluding carboxylic acids is 2. The normalized spacial score (nSPS) is 27.5. The average molecular weight is 344 g/mol. The number of imide groups is 1. The molecule has 0 N–H and O–H groups in total. The Hall–Kier alpha value is -1.28. The number of amides is 3. The van der Waals surface area contributed by atoms with Gasteiger partial charge in [-0.3, -0.25) is 0 Å². The first-order valence-corrected chi connectivity index (χ1v) is 9.35. The smallest absolute Gasteiger partial charge is 0.245 e. The second-order valence-electron chi connectivity index (χ2n) is 7.58. The second-order valence-corrected chi connectivity index (χ2v) is 9.58. The Kier molecular flexibility index (Phi) is 4.69. The van der Waals surface area contributed by atoms with Crippen molar-refractivity contribution in [3.63, 3.8) is 0 Å². The summed E-state index contributed by atoms with van der Waals surface area (Å²) < 4.78 is 28.6. The first-order chi connectivity index (χ1) is 10.4. The summed E-state index contributed by atoms with van der Waals surface area (Å²) >= 11 is 0. The van der Waals surface area contributed by atoms with Crippen molar-refractivity contribution < 1.29 is 22.6 Å². The highest BCUT2D eigenvalue weighted by Gasteiger charge is 2.50. The molecule has 130 valence electrons. The zero-order valence-corrected chi connectivity index (χ0v) is 15.3. The van der Waals surface area contributed by atoms with Gasteiger partial charge in [0.25, 0.3) is 0 Å². The Morgan fingerprint density at radius 3 is 2.48 bits per heavy atom. The van der Waals surface area contributed by atoms with E-state index in [9.17, 15) is 18.0 Å². The number of sulfonamides is 1. The lowest BCUT2D eigenvalue weighted by Crippen LogP contribution is -2.57. The van der Waals surface area contributed by atoms with Crippen LogP contribution >= 0.6 is 0 Å². The van der Waals surface area contributed by atoms with Crippen LogP contribution in [0.5, 0.6) is 0 Å². The first-order valence-electron chi connectivity index (χ1n) is 7.85. The van der Waals surface area contributed by atoms with Gasteiger partial charge in [-0.05, 0) is 24.7 Å². The van der Waals surface area contributed by atoms with E-state index in [1.807, 2.05) is 0 Å². The van der Waals surface area contributed by atoms with E-state index < -0.39 is 27.2 Å². The summed E-state index contributed by atoms with van der Waals surface area (Å²) in [5, 5.41) is -1.32. The highest BCUT2D eigenvalue weighted by Crippen LogP contribution is 2.33. The van der Waals surface area contributed by atoms with E-state index in [0.717, 1.165) is 24.2 Å². The Morgan fingerprint density at radius 1 is 1.30 bits per heavy atom. The van der Waals surface area contributed by atoms with Crippen molar-refractivity contribution >= 4 is 28.2 Å². The maximum atomic E-state index is 13.0. The van der Waals surface area contributed by atoms with Crippen molar-refractivity contribution in [2.45, 2.75) is 51.3 Å². The quantitative estimate of drug-likeness (QED) is 0.713. The molecule has 7 nitrogen and oxygen atoms in total. The number of rotatable bonds is 3. The van der Waals surface area contributed by atoms with Gasteiger partial charge < -0.3 is 0 Å². The van der Waals surface area contributed by atoms with E-state index in [1.165, 1.54) is 29.2 Å². The molecule has 0 bridgehead atoms. The lowest BCUT2D eigenvalue weighted by Gasteiger charge is -2.31. The first kappa shape index (κ1) is 18.1. The zero-order chi connectivity index (χ0) is 17.6. The van der Waals surface area contributed by atoms with Crippen LogP contribution in [0.1, 0.15) is 40.0 Å². The van der Waals surface area contributed by atoms with Crippen molar-refractivity contribution in [3.05, 3.63) is 0 Å². The number of nitrogens with zero attached hydrogens (tertiary/aromatic N) is 3. The molecule has 1 fully saturated rings. The standard InChI is InChI=1S/C15H26N3O4S/c1-15(2,3)9-11-7-6-8-18(11)23(21,22)12-10-16(4)14(20)17(5)13(12)19/h10-12H,6-9H2,1-5H3/q+1. The molecule has 0 spiro atoms. The lowest BCUT2D eigenvalue weighted by molar-refractivity contribution is -0.399. The molecule has 0 aromatic heterocycles. The van der Waals surface area contributed by atoms with Crippen LogP contribution in [0, 0.1) is 5.41 Å². The van der Waals surface area contributed by atoms with E-state index in [2.05, 4.69) is 20.8 Å². The van der Waals surface area contributed by atoms with Crippen molar-refractivity contribution in [2.75, 3.05) is 20.6 Å². The molecule has 0 aromatic carbocycles. The monoisotopic (exact) mass is 344 g/mol. The molecule has 2 atom stereocenters. The molecule has 0 aliphatic carbocycles. The van der Waals surface area contributed by atoms with Gasteiger partial charge in [-0.1, -0.05) is 20.8 Å². The zero-order valence-electron chi connectivity index (χ0n) is 14.4. The summed E-state index contributed by atoms with van der Waals surface area (Å²) in [4.78, 5) is 25.0. The van der Waals surface area contributed by atoms with Crippen LogP contribution in [-0.4, -0.2) is 72.3 Å². The summed E-state index contributed by atoms with van der Waals surface area (Å²) in [6.45, 7) is 6.67. The predicted molar refractivity (Wildman–Crippen MR) is 86.9 cm³/mol. The molecule has 1 saturated heterocycles. The Bertz CT molecular complexity index is 648. The second kappa shape index (κ2) is 5.98. The van der Waals surface area contributed by atoms with Gasteiger partial charge in [0.2, 0.25) is 15.3 Å². The van der Waals surface area contributed by atoms with Gasteiger partial charge in [-0.2, -0.15) is 14.0 Å². The molecular formula is C15H26N3O4S+. The fourth-order valence-electron chi connectivity index (χ4n) is 3.26. The topological polar surface area (TPSA) is 77.8 Å². The Morgan fingerprint density at radius 2 is 1.91 bits per heavy atom. The summed E-state index contributed by atoms with van der Waals surface area (Å²) in [7, 11) is -1.05. The van der Waals surface area contributed by atoms with Gasteiger partial charge in [-0.25, -0.2) is 17.8 Å². The van der Waals surface area contributed by atoms with Gasteiger partial charge in [0.15, 0.2) is 0 Å². The molecule has 23 heavy (non-hydrogen) atoms. The fourth-order valence-corrected chi connectivity index (χ4v) is 5.28. The molecular weight excluding hydrogens is 318 g/mol. The summed E-state index contributed by atoms with van der Waals surface area (Å²) in [6, 6.07) is -0.608. The van der Waals surface area contributed by atoms with E-state index in [0.29, 0.717) is 6.54 Å². The molecule has 2 heterocycles. The Balaban J connectivity index is 2.34. The SMILES string of the molecule is CN1C(=O)C(S(=O)(=O)N2CCCC2CC(C)(C)C)C=[N+](C)C1=O. The van der Waals surface area contributed by atoms with Gasteiger partial charge in [0.1, 0.15) is 6.21 Å². The van der Waals surface area contributed by atoms with Crippen LogP contribution in [0.25, 0.3) is 0 Å². The van der Waals surface area contributed by atoms with Crippen LogP contribution in [0.2, 0.25) is 0 Å². The van der Waals surface area contributed by atoms with Crippen molar-refractivity contribution in [1.82, 2.24) is 9.21 Å². The van der Waals surface area contributed by atoms with Gasteiger partial charge in [0.05, 0.1) is 14.1 Å². The number of urea groups is 1. The molecule has 2 rings (SSSR count). The van der Waals surface area contributed by atoms with Gasteiger partial charge in [-0.15, -0.1) is 0 Å². The number of hydrogen-bond acceptors (Lipinski definition) is 4. The maximum Gasteiger partial charge on any atom is 0.500 e. The summed E-state index contributed by atoms with van der Waals surface area (Å²) in [5.74, 6) is -0.686. The highest BCUT2D eigenvalue weighted by atomic mass is 32.2. The molecule has 0 radical (unpaired) electrons. The van der Waals surface area contributed by atoms with Crippen LogP contribution in [0.3, 0.4) is 0 Å². The summed E-state index contributed by atoms with van der Waals surface area (Å²) in [6.07, 6.45) is 3.57. The minimum absolute atomic E-state index is 0.00656. The van der Waals surface area contributed by atoms with Crippen molar-refractivity contribution in [2.24, 2.45) is 5.41 Å². The minimum atomic E-state index is -3.83. The summed E-state index contributed by atoms with van der Waals surface area (Å²) in [5.41, 5.74) is 0.00656. The highest BCUT2D eigenvalue weighted by molar-refractivity contribution is 7.91. The molecule has 2 unspecified atom stereocenters. The third kappa shape index (κ3) is 3.47. The number of hydrogen-bond donors (Lipinski definition) is 0. The van der Waals surface area contributed by atoms with Crippen molar-refractivity contribution in [3.8, 4) is 0 Å². The molecule has 0 aromatic rings. The van der Waals surface area contributed by atoms with E-state index in [-0.39, 0.29) is 11.5 Å². The van der Waals surface area contributed by atoms with E-state index in [1.54, 1.807) is 0 Å². The van der Waals surface area contributed by atoms with Crippen molar-refractivity contribution in [1.29, 1.82) is 0 Å².